The Morgan fingerprint density at radius 1 is 1.12 bits per heavy atom. The summed E-state index contributed by atoms with van der Waals surface area (Å²) >= 11 is 15.1. The van der Waals surface area contributed by atoms with Crippen molar-refractivity contribution in [2.45, 2.75) is 50.2 Å². The Bertz CT molecular complexity index is 1760. The van der Waals surface area contributed by atoms with Crippen LogP contribution in [0.1, 0.15) is 49.4 Å². The van der Waals surface area contributed by atoms with Gasteiger partial charge in [0.2, 0.25) is 11.1 Å². The van der Waals surface area contributed by atoms with Gasteiger partial charge in [-0.1, -0.05) is 83.5 Å². The fourth-order valence-corrected chi connectivity index (χ4v) is 7.67. The van der Waals surface area contributed by atoms with E-state index in [1.807, 2.05) is 65.3 Å². The van der Waals surface area contributed by atoms with E-state index in [2.05, 4.69) is 51.0 Å². The summed E-state index contributed by atoms with van der Waals surface area (Å²) in [5, 5.41) is 9.64. The number of allylic oxidation sites excluding steroid dienone is 2. The lowest BCUT2D eigenvalue weighted by atomic mass is 9.73. The average Bonchev–Trinajstić information content (AvgIpc) is 3.36. The smallest absolute Gasteiger partial charge is 0.227 e. The van der Waals surface area contributed by atoms with Gasteiger partial charge in [-0.25, -0.2) is 4.68 Å². The maximum atomic E-state index is 13.7. The summed E-state index contributed by atoms with van der Waals surface area (Å²) in [6, 6.07) is 19.1. The van der Waals surface area contributed by atoms with E-state index in [4.69, 9.17) is 31.2 Å². The molecule has 0 fully saturated rings. The second-order valence-electron chi connectivity index (χ2n) is 11.4. The van der Waals surface area contributed by atoms with Crippen molar-refractivity contribution >= 4 is 67.0 Å². The normalized spacial score (nSPS) is 17.3. The highest BCUT2D eigenvalue weighted by molar-refractivity contribution is 9.10. The highest BCUT2D eigenvalue weighted by Crippen LogP contribution is 2.48. The molecule has 222 valence electrons. The van der Waals surface area contributed by atoms with Gasteiger partial charge in [-0.3, -0.25) is 4.79 Å². The molecule has 43 heavy (non-hydrogen) atoms. The molecule has 3 aromatic carbocycles. The lowest BCUT2D eigenvalue weighted by Gasteiger charge is -2.38. The Kier molecular flexibility index (Phi) is 8.65. The minimum atomic E-state index is -0.485. The van der Waals surface area contributed by atoms with Crippen LogP contribution in [-0.2, 0) is 17.2 Å². The van der Waals surface area contributed by atoms with Crippen molar-refractivity contribution in [2.24, 2.45) is 5.41 Å². The molecule has 1 N–H and O–H groups in total. The first-order chi connectivity index (χ1) is 20.6. The summed E-state index contributed by atoms with van der Waals surface area (Å²) in [6.45, 7) is 4.60. The highest BCUT2D eigenvalue weighted by Gasteiger charge is 2.42. The SMILES string of the molecule is COc1cc(C2C3=C(CC(C)(C)CC3=O)Nc3nc(SCc4ccccc4Cl)nn32)cc(Br)c1OCc1cccc(Br)c1. The zero-order valence-electron chi connectivity index (χ0n) is 23.8. The molecule has 2 heterocycles. The second-order valence-corrected chi connectivity index (χ2v) is 14.5. The third-order valence-corrected chi connectivity index (χ3v) is 9.80. The fraction of sp³-hybridized carbons (Fsp3) is 0.281. The van der Waals surface area contributed by atoms with Crippen LogP contribution in [0.4, 0.5) is 5.95 Å². The largest absolute Gasteiger partial charge is 0.493 e. The molecule has 0 amide bonds. The summed E-state index contributed by atoms with van der Waals surface area (Å²) < 4.78 is 15.6. The Hall–Kier alpha value is -2.79. The number of ketones is 1. The van der Waals surface area contributed by atoms with E-state index in [9.17, 15) is 4.79 Å². The van der Waals surface area contributed by atoms with Gasteiger partial charge in [-0.2, -0.15) is 4.98 Å². The molecule has 0 spiro atoms. The number of hydrogen-bond acceptors (Lipinski definition) is 7. The van der Waals surface area contributed by atoms with Crippen molar-refractivity contribution in [3.05, 3.63) is 103 Å². The number of ether oxygens (including phenoxy) is 2. The first kappa shape index (κ1) is 30.2. The molecule has 2 aliphatic rings. The molecule has 1 unspecified atom stereocenters. The zero-order valence-corrected chi connectivity index (χ0v) is 28.5. The van der Waals surface area contributed by atoms with Crippen LogP contribution in [-0.4, -0.2) is 27.7 Å². The number of methoxy groups -OCH3 is 1. The molecule has 0 radical (unpaired) electrons. The Balaban J connectivity index is 1.38. The number of thioether (sulfide) groups is 1. The van der Waals surface area contributed by atoms with Crippen LogP contribution >= 0.6 is 55.2 Å². The van der Waals surface area contributed by atoms with Crippen molar-refractivity contribution in [3.63, 3.8) is 0 Å². The number of anilines is 1. The van der Waals surface area contributed by atoms with Crippen molar-refractivity contribution in [1.29, 1.82) is 0 Å². The monoisotopic (exact) mass is 742 g/mol. The number of Topliss-reactive ketones (excluding diaryl/α,β-unsaturated/α-hetero) is 1. The zero-order chi connectivity index (χ0) is 30.3. The minimum absolute atomic E-state index is 0.0974. The quantitative estimate of drug-likeness (QED) is 0.181. The van der Waals surface area contributed by atoms with Crippen molar-refractivity contribution < 1.29 is 14.3 Å². The van der Waals surface area contributed by atoms with Crippen LogP contribution in [0.3, 0.4) is 0 Å². The van der Waals surface area contributed by atoms with E-state index in [0.29, 0.717) is 52.0 Å². The summed E-state index contributed by atoms with van der Waals surface area (Å²) in [5.74, 6) is 2.45. The van der Waals surface area contributed by atoms with E-state index in [0.717, 1.165) is 37.8 Å². The predicted molar refractivity (Wildman–Crippen MR) is 177 cm³/mol. The van der Waals surface area contributed by atoms with Gasteiger partial charge in [0, 0.05) is 32.9 Å². The van der Waals surface area contributed by atoms with E-state index < -0.39 is 6.04 Å². The number of benzene rings is 3. The molecule has 0 saturated heterocycles. The maximum Gasteiger partial charge on any atom is 0.227 e. The lowest BCUT2D eigenvalue weighted by molar-refractivity contribution is -0.118. The molecule has 6 rings (SSSR count). The van der Waals surface area contributed by atoms with E-state index in [1.54, 1.807) is 7.11 Å². The predicted octanol–water partition coefficient (Wildman–Crippen LogP) is 8.99. The molecular formula is C32H29Br2ClN4O3S. The molecule has 1 aromatic heterocycles. The topological polar surface area (TPSA) is 78.3 Å². The molecule has 1 aliphatic heterocycles. The van der Waals surface area contributed by atoms with Crippen LogP contribution in [0.15, 0.2) is 86.0 Å². The number of nitrogens with zero attached hydrogens (tertiary/aromatic N) is 3. The number of aromatic nitrogens is 3. The van der Waals surface area contributed by atoms with Crippen molar-refractivity contribution in [2.75, 3.05) is 12.4 Å². The Morgan fingerprint density at radius 2 is 1.93 bits per heavy atom. The minimum Gasteiger partial charge on any atom is -0.493 e. The molecule has 1 atom stereocenters. The van der Waals surface area contributed by atoms with Crippen LogP contribution < -0.4 is 14.8 Å². The molecule has 0 bridgehead atoms. The maximum absolute atomic E-state index is 13.7. The standard InChI is InChI=1S/C32H29Br2ClN4O3S/c1-32(2)14-24-27(25(40)15-32)28(39-30(36-24)37-31(38-39)43-17-19-8-4-5-10-23(19)35)20-12-22(34)29(26(13-20)41-3)42-16-18-7-6-9-21(33)11-18/h4-13,28H,14-17H2,1-3H3,(H,36,37,38). The average molecular weight is 745 g/mol. The summed E-state index contributed by atoms with van der Waals surface area (Å²) in [4.78, 5) is 18.6. The van der Waals surface area contributed by atoms with Gasteiger partial charge in [-0.15, -0.1) is 5.10 Å². The molecular weight excluding hydrogens is 716 g/mol. The molecule has 0 saturated carbocycles. The fourth-order valence-electron chi connectivity index (χ4n) is 5.54. The number of rotatable bonds is 8. The van der Waals surface area contributed by atoms with Crippen LogP contribution in [0.25, 0.3) is 0 Å². The van der Waals surface area contributed by atoms with Gasteiger partial charge >= 0.3 is 0 Å². The first-order valence-electron chi connectivity index (χ1n) is 13.7. The lowest BCUT2D eigenvalue weighted by Crippen LogP contribution is -2.36. The van der Waals surface area contributed by atoms with Gasteiger partial charge in [0.15, 0.2) is 17.3 Å². The van der Waals surface area contributed by atoms with Gasteiger partial charge in [-0.05, 0) is 74.8 Å². The third kappa shape index (κ3) is 6.38. The summed E-state index contributed by atoms with van der Waals surface area (Å²) in [7, 11) is 1.61. The Morgan fingerprint density at radius 3 is 2.70 bits per heavy atom. The molecule has 4 aromatic rings. The number of fused-ring (bicyclic) bond motifs is 1. The third-order valence-electron chi connectivity index (χ3n) is 7.47. The molecule has 11 heteroatoms. The van der Waals surface area contributed by atoms with Crippen molar-refractivity contribution in [1.82, 2.24) is 14.8 Å². The molecule has 1 aliphatic carbocycles. The number of carbonyl (C=O) groups excluding carboxylic acids is 1. The van der Waals surface area contributed by atoms with Gasteiger partial charge in [0.05, 0.1) is 11.6 Å². The van der Waals surface area contributed by atoms with Crippen LogP contribution in [0, 0.1) is 5.41 Å². The first-order valence-corrected chi connectivity index (χ1v) is 16.7. The number of hydrogen-bond donors (Lipinski definition) is 1. The van der Waals surface area contributed by atoms with Gasteiger partial charge in [0.25, 0.3) is 0 Å². The van der Waals surface area contributed by atoms with Gasteiger partial charge in [0.1, 0.15) is 12.6 Å². The number of halogens is 3. The summed E-state index contributed by atoms with van der Waals surface area (Å²) in [6.07, 6.45) is 1.18. The van der Waals surface area contributed by atoms with E-state index in [-0.39, 0.29) is 11.2 Å². The number of carbonyl (C=O) groups is 1. The molecule has 7 nitrogen and oxygen atoms in total. The summed E-state index contributed by atoms with van der Waals surface area (Å²) in [5.41, 5.74) is 4.29. The van der Waals surface area contributed by atoms with Crippen LogP contribution in [0.2, 0.25) is 5.02 Å². The van der Waals surface area contributed by atoms with Crippen LogP contribution in [0.5, 0.6) is 11.5 Å². The van der Waals surface area contributed by atoms with E-state index >= 15 is 0 Å². The second kappa shape index (κ2) is 12.3. The Labute approximate surface area is 276 Å². The van der Waals surface area contributed by atoms with Crippen molar-refractivity contribution in [3.8, 4) is 11.5 Å². The van der Waals surface area contributed by atoms with E-state index in [1.165, 1.54) is 11.8 Å². The highest BCUT2D eigenvalue weighted by atomic mass is 79.9. The van der Waals surface area contributed by atoms with Gasteiger partial charge < -0.3 is 14.8 Å². The number of nitrogens with one attached hydrogen (secondary N) is 1.